The van der Waals surface area contributed by atoms with Crippen molar-refractivity contribution in [1.82, 2.24) is 19.6 Å². The Bertz CT molecular complexity index is 1480. The average Bonchev–Trinajstić information content (AvgIpc) is 3.75. The van der Waals surface area contributed by atoms with Crippen LogP contribution in [0.25, 0.3) is 22.0 Å². The predicted octanol–water partition coefficient (Wildman–Crippen LogP) is 4.19. The zero-order chi connectivity index (χ0) is 24.8. The third-order valence-corrected chi connectivity index (χ3v) is 8.46. The molecule has 0 unspecified atom stereocenters. The molecular weight excluding hydrogens is 474 g/mol. The highest BCUT2D eigenvalue weighted by atomic mass is 35.5. The third kappa shape index (κ3) is 3.39. The molecule has 2 aliphatic carbocycles. The minimum Gasteiger partial charge on any atom is -0.342 e. The Morgan fingerprint density at radius 3 is 2.53 bits per heavy atom. The molecule has 0 N–H and O–H groups in total. The first-order valence-electron chi connectivity index (χ1n) is 12.8. The van der Waals surface area contributed by atoms with Crippen molar-refractivity contribution in [3.05, 3.63) is 52.7 Å². The van der Waals surface area contributed by atoms with Crippen molar-refractivity contribution < 1.29 is 9.59 Å². The number of carbonyl (C=O) groups excluding carboxylic acids is 2. The second kappa shape index (κ2) is 7.65. The molecule has 2 aliphatic heterocycles. The molecule has 36 heavy (non-hydrogen) atoms. The summed E-state index contributed by atoms with van der Waals surface area (Å²) >= 11 is 6.24. The molecule has 3 fully saturated rings. The van der Waals surface area contributed by atoms with Gasteiger partial charge in [-0.05, 0) is 61.4 Å². The lowest BCUT2D eigenvalue weighted by atomic mass is 9.96. The van der Waals surface area contributed by atoms with E-state index in [0.29, 0.717) is 23.5 Å². The molecule has 1 saturated heterocycles. The van der Waals surface area contributed by atoms with E-state index in [4.69, 9.17) is 16.6 Å². The van der Waals surface area contributed by atoms with E-state index in [1.54, 1.807) is 4.68 Å². The molecule has 0 bridgehead atoms. The first-order chi connectivity index (χ1) is 17.3. The zero-order valence-corrected chi connectivity index (χ0v) is 21.3. The molecule has 2 aromatic carbocycles. The molecule has 1 spiro atoms. The monoisotopic (exact) mass is 501 g/mol. The maximum absolute atomic E-state index is 13.4. The summed E-state index contributed by atoms with van der Waals surface area (Å²) in [7, 11) is 1.90. The number of carbonyl (C=O) groups is 2. The second-order valence-electron chi connectivity index (χ2n) is 10.9. The summed E-state index contributed by atoms with van der Waals surface area (Å²) in [5, 5.41) is 5.76. The molecule has 8 heteroatoms. The molecule has 0 radical (unpaired) electrons. The number of rotatable bonds is 5. The summed E-state index contributed by atoms with van der Waals surface area (Å²) in [5.41, 5.74) is 4.72. The topological polar surface area (TPSA) is 70.8 Å². The Labute approximate surface area is 214 Å². The summed E-state index contributed by atoms with van der Waals surface area (Å²) < 4.78 is 1.80. The Hall–Kier alpha value is -3.19. The number of hydrogen-bond donors (Lipinski definition) is 0. The number of hydrogen-bond acceptors (Lipinski definition) is 4. The first-order valence-corrected chi connectivity index (χ1v) is 13.1. The van der Waals surface area contributed by atoms with Gasteiger partial charge >= 0.3 is 0 Å². The van der Waals surface area contributed by atoms with E-state index in [9.17, 15) is 9.59 Å². The Kier molecular flexibility index (Phi) is 4.69. The van der Waals surface area contributed by atoms with Crippen molar-refractivity contribution in [2.24, 2.45) is 23.9 Å². The number of aromatic nitrogens is 2. The Morgan fingerprint density at radius 1 is 1.11 bits per heavy atom. The van der Waals surface area contributed by atoms with Gasteiger partial charge in [-0.25, -0.2) is 0 Å². The van der Waals surface area contributed by atoms with Gasteiger partial charge in [0, 0.05) is 49.5 Å². The van der Waals surface area contributed by atoms with Crippen LogP contribution in [0.3, 0.4) is 0 Å². The Morgan fingerprint density at radius 2 is 1.83 bits per heavy atom. The number of fused-ring (bicyclic) bond motifs is 1. The van der Waals surface area contributed by atoms with E-state index in [0.717, 1.165) is 77.8 Å². The van der Waals surface area contributed by atoms with Gasteiger partial charge in [0.25, 0.3) is 5.91 Å². The standard InChI is InChI=1S/C28H28ClN5O2/c1-16-11-19(20-6-8-22-23(12-20)32(2)31-24(22)29)5-7-21(16)25-30-28(9-10-28)27(36)34(25)15-17-13-33(14-17)26(35)18-3-4-18/h5-8,11-12,17-18H,3-4,9-10,13-15H2,1-2H3. The number of amides is 2. The van der Waals surface area contributed by atoms with Crippen molar-refractivity contribution in [1.29, 1.82) is 0 Å². The summed E-state index contributed by atoms with van der Waals surface area (Å²) in [5.74, 6) is 1.79. The van der Waals surface area contributed by atoms with Crippen LogP contribution in [0.4, 0.5) is 0 Å². The fraction of sp³-hybridized carbons (Fsp3) is 0.429. The molecule has 3 aromatic rings. The lowest BCUT2D eigenvalue weighted by molar-refractivity contribution is -0.139. The number of halogens is 1. The molecule has 7 nitrogen and oxygen atoms in total. The molecule has 184 valence electrons. The zero-order valence-electron chi connectivity index (χ0n) is 20.5. The number of aryl methyl sites for hydroxylation is 2. The maximum Gasteiger partial charge on any atom is 0.256 e. The van der Waals surface area contributed by atoms with Crippen molar-refractivity contribution >= 4 is 40.2 Å². The van der Waals surface area contributed by atoms with Gasteiger partial charge in [-0.2, -0.15) is 5.10 Å². The Balaban J connectivity index is 1.15. The predicted molar refractivity (Wildman–Crippen MR) is 139 cm³/mol. The first kappa shape index (κ1) is 22.0. The maximum atomic E-state index is 13.4. The minimum absolute atomic E-state index is 0.131. The molecule has 2 amide bonds. The van der Waals surface area contributed by atoms with Crippen molar-refractivity contribution in [2.75, 3.05) is 19.6 Å². The quantitative estimate of drug-likeness (QED) is 0.526. The van der Waals surface area contributed by atoms with Gasteiger partial charge in [0.05, 0.1) is 5.52 Å². The molecule has 4 aliphatic rings. The molecule has 0 atom stereocenters. The molecule has 3 heterocycles. The lowest BCUT2D eigenvalue weighted by Gasteiger charge is -2.41. The molecule has 1 aromatic heterocycles. The highest BCUT2D eigenvalue weighted by molar-refractivity contribution is 6.34. The summed E-state index contributed by atoms with van der Waals surface area (Å²) in [6.07, 6.45) is 3.71. The third-order valence-electron chi connectivity index (χ3n) is 8.19. The number of aliphatic imine (C=N–C) groups is 1. The van der Waals surface area contributed by atoms with Crippen molar-refractivity contribution in [2.45, 2.75) is 38.1 Å². The smallest absolute Gasteiger partial charge is 0.256 e. The van der Waals surface area contributed by atoms with Crippen LogP contribution in [0, 0.1) is 18.8 Å². The number of likely N-dealkylation sites (tertiary alicyclic amines) is 1. The van der Waals surface area contributed by atoms with Crippen LogP contribution in [0.2, 0.25) is 5.15 Å². The van der Waals surface area contributed by atoms with Crippen LogP contribution in [0.1, 0.15) is 36.8 Å². The van der Waals surface area contributed by atoms with Gasteiger partial charge in [0.1, 0.15) is 11.4 Å². The molecular formula is C28H28ClN5O2. The fourth-order valence-electron chi connectivity index (χ4n) is 5.68. The van der Waals surface area contributed by atoms with Gasteiger partial charge < -0.3 is 4.90 Å². The number of amidine groups is 1. The summed E-state index contributed by atoms with van der Waals surface area (Å²) in [6.45, 7) is 4.21. The van der Waals surface area contributed by atoms with E-state index in [2.05, 4.69) is 42.4 Å². The van der Waals surface area contributed by atoms with Gasteiger partial charge in [0.2, 0.25) is 5.91 Å². The van der Waals surface area contributed by atoms with Gasteiger partial charge in [-0.15, -0.1) is 0 Å². The van der Waals surface area contributed by atoms with Gasteiger partial charge in [0.15, 0.2) is 5.15 Å². The van der Waals surface area contributed by atoms with Crippen molar-refractivity contribution in [3.63, 3.8) is 0 Å². The summed E-state index contributed by atoms with van der Waals surface area (Å²) in [4.78, 5) is 34.5. The highest BCUT2D eigenvalue weighted by Gasteiger charge is 2.58. The van der Waals surface area contributed by atoms with Crippen LogP contribution in [-0.4, -0.2) is 62.4 Å². The highest BCUT2D eigenvalue weighted by Crippen LogP contribution is 2.46. The van der Waals surface area contributed by atoms with E-state index >= 15 is 0 Å². The second-order valence-corrected chi connectivity index (χ2v) is 11.3. The van der Waals surface area contributed by atoms with Gasteiger partial charge in [-0.3, -0.25) is 24.2 Å². The lowest BCUT2D eigenvalue weighted by Crippen LogP contribution is -2.55. The van der Waals surface area contributed by atoms with E-state index < -0.39 is 5.54 Å². The fourth-order valence-corrected chi connectivity index (χ4v) is 5.95. The summed E-state index contributed by atoms with van der Waals surface area (Å²) in [6, 6.07) is 12.5. The van der Waals surface area contributed by atoms with Crippen LogP contribution >= 0.6 is 11.6 Å². The average molecular weight is 502 g/mol. The van der Waals surface area contributed by atoms with E-state index in [1.165, 1.54) is 0 Å². The van der Waals surface area contributed by atoms with Crippen LogP contribution in [0.5, 0.6) is 0 Å². The van der Waals surface area contributed by atoms with E-state index in [-0.39, 0.29) is 11.8 Å². The van der Waals surface area contributed by atoms with Crippen LogP contribution in [0.15, 0.2) is 41.4 Å². The normalized spacial score (nSPS) is 20.9. The van der Waals surface area contributed by atoms with E-state index in [1.807, 2.05) is 22.9 Å². The van der Waals surface area contributed by atoms with Crippen molar-refractivity contribution in [3.8, 4) is 11.1 Å². The number of nitrogens with zero attached hydrogens (tertiary/aromatic N) is 5. The molecule has 2 saturated carbocycles. The van der Waals surface area contributed by atoms with Crippen LogP contribution < -0.4 is 0 Å². The largest absolute Gasteiger partial charge is 0.342 e. The SMILES string of the molecule is Cc1cc(-c2ccc3c(Cl)nn(C)c3c2)ccc1C1=NC2(CC2)C(=O)N1CC1CN(C(=O)C2CC2)C1. The van der Waals surface area contributed by atoms with Gasteiger partial charge in [-0.1, -0.05) is 35.9 Å². The number of benzene rings is 2. The van der Waals surface area contributed by atoms with Crippen LogP contribution in [-0.2, 0) is 16.6 Å². The minimum atomic E-state index is -0.544. The molecule has 7 rings (SSSR count).